The number of amides is 1. The number of rotatable bonds is 5. The molecule has 0 spiro atoms. The van der Waals surface area contributed by atoms with Crippen LogP contribution >= 0.6 is 0 Å². The fourth-order valence-electron chi connectivity index (χ4n) is 2.19. The zero-order chi connectivity index (χ0) is 15.2. The number of nitrogens with one attached hydrogen (secondary N) is 1. The fourth-order valence-corrected chi connectivity index (χ4v) is 2.19. The Labute approximate surface area is 124 Å². The number of benzene rings is 1. The molecule has 2 atom stereocenters. The van der Waals surface area contributed by atoms with E-state index in [-0.39, 0.29) is 23.9 Å². The monoisotopic (exact) mass is 296 g/mol. The number of morpholine rings is 1. The molecule has 21 heavy (non-hydrogen) atoms. The molecule has 1 aromatic rings. The average molecular weight is 296 g/mol. The van der Waals surface area contributed by atoms with Gasteiger partial charge in [0, 0.05) is 13.6 Å². The second-order valence-corrected chi connectivity index (χ2v) is 5.07. The van der Waals surface area contributed by atoms with E-state index < -0.39 is 0 Å². The van der Waals surface area contributed by atoms with Gasteiger partial charge in [-0.3, -0.25) is 4.79 Å². The van der Waals surface area contributed by atoms with Gasteiger partial charge in [-0.1, -0.05) is 0 Å². The largest absolute Gasteiger partial charge is 0.492 e. The van der Waals surface area contributed by atoms with E-state index in [1.54, 1.807) is 24.1 Å². The Bertz CT molecular complexity index is 466. The minimum absolute atomic E-state index is 0.00935. The number of halogens is 1. The van der Waals surface area contributed by atoms with Crippen LogP contribution in [0.15, 0.2) is 24.3 Å². The van der Waals surface area contributed by atoms with Crippen molar-refractivity contribution < 1.29 is 18.7 Å². The second-order valence-electron chi connectivity index (χ2n) is 5.07. The Morgan fingerprint density at radius 2 is 2.19 bits per heavy atom. The first-order valence-electron chi connectivity index (χ1n) is 7.06. The lowest BCUT2D eigenvalue weighted by molar-refractivity contribution is -0.138. The Hall–Kier alpha value is -1.66. The van der Waals surface area contributed by atoms with E-state index in [1.165, 1.54) is 12.1 Å². The molecule has 0 unspecified atom stereocenters. The Kier molecular flexibility index (Phi) is 5.52. The predicted octanol–water partition coefficient (Wildman–Crippen LogP) is 1.04. The molecule has 1 amide bonds. The summed E-state index contributed by atoms with van der Waals surface area (Å²) >= 11 is 0. The lowest BCUT2D eigenvalue weighted by Crippen LogP contribution is -2.56. The van der Waals surface area contributed by atoms with Gasteiger partial charge in [0.15, 0.2) is 0 Å². The van der Waals surface area contributed by atoms with Crippen molar-refractivity contribution in [1.82, 2.24) is 10.2 Å². The third-order valence-electron chi connectivity index (χ3n) is 3.47. The van der Waals surface area contributed by atoms with Crippen molar-refractivity contribution in [3.8, 4) is 5.75 Å². The molecule has 1 heterocycles. The normalized spacial score (nSPS) is 21.9. The van der Waals surface area contributed by atoms with Gasteiger partial charge in [-0.2, -0.15) is 0 Å². The SMILES string of the molecule is C[C@H]1OCCN[C@@H]1C(=O)N(C)CCOc1ccc(F)cc1. The summed E-state index contributed by atoms with van der Waals surface area (Å²) in [7, 11) is 1.74. The second kappa shape index (κ2) is 7.38. The molecule has 116 valence electrons. The van der Waals surface area contributed by atoms with E-state index in [0.29, 0.717) is 32.1 Å². The maximum absolute atomic E-state index is 12.8. The number of hydrogen-bond donors (Lipinski definition) is 1. The van der Waals surface area contributed by atoms with Gasteiger partial charge in [0.2, 0.25) is 5.91 Å². The van der Waals surface area contributed by atoms with Crippen molar-refractivity contribution in [3.63, 3.8) is 0 Å². The molecule has 1 N–H and O–H groups in total. The summed E-state index contributed by atoms with van der Waals surface area (Å²) < 4.78 is 23.7. The molecule has 1 aromatic carbocycles. The fraction of sp³-hybridized carbons (Fsp3) is 0.533. The molecule has 1 aliphatic rings. The van der Waals surface area contributed by atoms with Crippen molar-refractivity contribution in [2.45, 2.75) is 19.1 Å². The highest BCUT2D eigenvalue weighted by Gasteiger charge is 2.30. The van der Waals surface area contributed by atoms with E-state index in [2.05, 4.69) is 5.32 Å². The maximum atomic E-state index is 12.8. The van der Waals surface area contributed by atoms with Crippen LogP contribution in [0.1, 0.15) is 6.92 Å². The quantitative estimate of drug-likeness (QED) is 0.882. The first-order chi connectivity index (χ1) is 10.1. The van der Waals surface area contributed by atoms with Gasteiger partial charge in [0.05, 0.1) is 19.3 Å². The molecular formula is C15H21FN2O3. The summed E-state index contributed by atoms with van der Waals surface area (Å²) in [6.45, 7) is 4.01. The summed E-state index contributed by atoms with van der Waals surface area (Å²) in [5.74, 6) is 0.279. The summed E-state index contributed by atoms with van der Waals surface area (Å²) in [5.41, 5.74) is 0. The average Bonchev–Trinajstić information content (AvgIpc) is 2.49. The lowest BCUT2D eigenvalue weighted by atomic mass is 10.1. The molecule has 0 radical (unpaired) electrons. The third kappa shape index (κ3) is 4.41. The van der Waals surface area contributed by atoms with E-state index >= 15 is 0 Å². The minimum atomic E-state index is -0.311. The van der Waals surface area contributed by atoms with Gasteiger partial charge in [-0.05, 0) is 31.2 Å². The first kappa shape index (κ1) is 15.7. The lowest BCUT2D eigenvalue weighted by Gasteiger charge is -2.32. The van der Waals surface area contributed by atoms with Crippen molar-refractivity contribution in [3.05, 3.63) is 30.1 Å². The standard InChI is InChI=1S/C15H21FN2O3/c1-11-14(17-7-9-20-11)15(19)18(2)8-10-21-13-5-3-12(16)4-6-13/h3-6,11,14,17H,7-10H2,1-2H3/t11-,14+/m1/s1. The van der Waals surface area contributed by atoms with Crippen LogP contribution in [0.25, 0.3) is 0 Å². The summed E-state index contributed by atoms with van der Waals surface area (Å²) in [6.07, 6.45) is -0.133. The molecule has 0 bridgehead atoms. The van der Waals surface area contributed by atoms with Gasteiger partial charge < -0.3 is 19.7 Å². The van der Waals surface area contributed by atoms with Crippen LogP contribution in [0.2, 0.25) is 0 Å². The molecule has 0 aromatic heterocycles. The van der Waals surface area contributed by atoms with Crippen LogP contribution in [-0.2, 0) is 9.53 Å². The topological polar surface area (TPSA) is 50.8 Å². The van der Waals surface area contributed by atoms with Gasteiger partial charge in [0.1, 0.15) is 24.2 Å². The van der Waals surface area contributed by atoms with Crippen LogP contribution in [0.5, 0.6) is 5.75 Å². The number of likely N-dealkylation sites (N-methyl/N-ethyl adjacent to an activating group) is 1. The van der Waals surface area contributed by atoms with Gasteiger partial charge in [-0.25, -0.2) is 4.39 Å². The highest BCUT2D eigenvalue weighted by atomic mass is 19.1. The molecule has 6 heteroatoms. The third-order valence-corrected chi connectivity index (χ3v) is 3.47. The molecule has 1 saturated heterocycles. The number of nitrogens with zero attached hydrogens (tertiary/aromatic N) is 1. The molecule has 0 aliphatic carbocycles. The van der Waals surface area contributed by atoms with Crippen molar-refractivity contribution in [2.75, 3.05) is 33.4 Å². The van der Waals surface area contributed by atoms with Gasteiger partial charge >= 0.3 is 0 Å². The molecule has 2 rings (SSSR count). The molecule has 1 aliphatic heterocycles. The van der Waals surface area contributed by atoms with Crippen LogP contribution in [0, 0.1) is 5.82 Å². The number of carbonyl (C=O) groups is 1. The predicted molar refractivity (Wildman–Crippen MR) is 76.7 cm³/mol. The van der Waals surface area contributed by atoms with E-state index in [4.69, 9.17) is 9.47 Å². The summed E-state index contributed by atoms with van der Waals surface area (Å²) in [4.78, 5) is 13.9. The van der Waals surface area contributed by atoms with Gasteiger partial charge in [0.25, 0.3) is 0 Å². The Morgan fingerprint density at radius 3 is 2.86 bits per heavy atom. The van der Waals surface area contributed by atoms with Gasteiger partial charge in [-0.15, -0.1) is 0 Å². The van der Waals surface area contributed by atoms with Crippen molar-refractivity contribution >= 4 is 5.91 Å². The molecule has 1 fully saturated rings. The highest BCUT2D eigenvalue weighted by Crippen LogP contribution is 2.11. The van der Waals surface area contributed by atoms with E-state index in [9.17, 15) is 9.18 Å². The molecule has 0 saturated carbocycles. The number of carbonyl (C=O) groups excluding carboxylic acids is 1. The van der Waals surface area contributed by atoms with Crippen LogP contribution < -0.4 is 10.1 Å². The smallest absolute Gasteiger partial charge is 0.242 e. The number of ether oxygens (including phenoxy) is 2. The first-order valence-corrected chi connectivity index (χ1v) is 7.06. The van der Waals surface area contributed by atoms with Crippen molar-refractivity contribution in [2.24, 2.45) is 0 Å². The molecule has 5 nitrogen and oxygen atoms in total. The highest BCUT2D eigenvalue weighted by molar-refractivity contribution is 5.82. The summed E-state index contributed by atoms with van der Waals surface area (Å²) in [6, 6.07) is 5.50. The number of hydrogen-bond acceptors (Lipinski definition) is 4. The van der Waals surface area contributed by atoms with Crippen molar-refractivity contribution in [1.29, 1.82) is 0 Å². The van der Waals surface area contributed by atoms with E-state index in [1.807, 2.05) is 6.92 Å². The Balaban J connectivity index is 1.77. The summed E-state index contributed by atoms with van der Waals surface area (Å²) in [5, 5.41) is 3.17. The van der Waals surface area contributed by atoms with Crippen LogP contribution in [-0.4, -0.2) is 56.3 Å². The minimum Gasteiger partial charge on any atom is -0.492 e. The molecular weight excluding hydrogens is 275 g/mol. The zero-order valence-electron chi connectivity index (χ0n) is 12.3. The Morgan fingerprint density at radius 1 is 1.48 bits per heavy atom. The van der Waals surface area contributed by atoms with Crippen LogP contribution in [0.3, 0.4) is 0 Å². The maximum Gasteiger partial charge on any atom is 0.242 e. The van der Waals surface area contributed by atoms with Crippen LogP contribution in [0.4, 0.5) is 4.39 Å². The zero-order valence-corrected chi connectivity index (χ0v) is 12.3. The van der Waals surface area contributed by atoms with E-state index in [0.717, 1.165) is 0 Å².